The number of amides is 2. The summed E-state index contributed by atoms with van der Waals surface area (Å²) in [6.07, 6.45) is 10.4. The van der Waals surface area contributed by atoms with Crippen LogP contribution in [0.5, 0.6) is 0 Å². The van der Waals surface area contributed by atoms with Crippen molar-refractivity contribution < 1.29 is 14.0 Å². The Kier molecular flexibility index (Phi) is 9.60. The van der Waals surface area contributed by atoms with E-state index in [1.807, 2.05) is 4.90 Å². The summed E-state index contributed by atoms with van der Waals surface area (Å²) in [5.41, 5.74) is 13.6. The SMILES string of the molecule is CCCCC12C/C1=C/C(F)/C=N\C(C(C(=O)NC1CNCCC1N1CCC(C(=O)N3CCCC3)CC1)C(N)N)C2. The largest absolute Gasteiger partial charge is 0.350 e. The number of piperidine rings is 2. The van der Waals surface area contributed by atoms with Gasteiger partial charge in [0.15, 0.2) is 6.17 Å². The van der Waals surface area contributed by atoms with Crippen molar-refractivity contribution >= 4 is 18.0 Å². The number of likely N-dealkylation sites (tertiary alicyclic amines) is 2. The quantitative estimate of drug-likeness (QED) is 0.252. The summed E-state index contributed by atoms with van der Waals surface area (Å²) < 4.78 is 14.6. The molecule has 5 aliphatic rings. The molecule has 1 aliphatic carbocycles. The van der Waals surface area contributed by atoms with Gasteiger partial charge in [-0.25, -0.2) is 4.39 Å². The predicted octanol–water partition coefficient (Wildman–Crippen LogP) is 1.72. The number of rotatable bonds is 9. The molecule has 2 amide bonds. The molecule has 3 saturated heterocycles. The first-order valence-electron chi connectivity index (χ1n) is 15.7. The van der Waals surface area contributed by atoms with Crippen molar-refractivity contribution in [2.24, 2.45) is 33.7 Å². The molecule has 4 fully saturated rings. The average molecular weight is 560 g/mol. The zero-order valence-corrected chi connectivity index (χ0v) is 24.2. The molecule has 10 heteroatoms. The summed E-state index contributed by atoms with van der Waals surface area (Å²) in [4.78, 5) is 35.8. The summed E-state index contributed by atoms with van der Waals surface area (Å²) in [6.45, 7) is 7.25. The minimum atomic E-state index is -1.24. The summed E-state index contributed by atoms with van der Waals surface area (Å²) in [7, 11) is 0. The van der Waals surface area contributed by atoms with Gasteiger partial charge in [-0.15, -0.1) is 0 Å². The zero-order valence-electron chi connectivity index (χ0n) is 24.2. The van der Waals surface area contributed by atoms with Crippen LogP contribution in [0.4, 0.5) is 4.39 Å². The van der Waals surface area contributed by atoms with Crippen LogP contribution in [0.2, 0.25) is 0 Å². The highest BCUT2D eigenvalue weighted by atomic mass is 19.1. The van der Waals surface area contributed by atoms with E-state index < -0.39 is 24.3 Å². The van der Waals surface area contributed by atoms with E-state index in [4.69, 9.17) is 11.5 Å². The normalized spacial score (nSPS) is 36.2. The van der Waals surface area contributed by atoms with Crippen molar-refractivity contribution in [2.75, 3.05) is 39.3 Å². The van der Waals surface area contributed by atoms with Crippen LogP contribution < -0.4 is 22.1 Å². The van der Waals surface area contributed by atoms with Gasteiger partial charge in [-0.1, -0.05) is 25.3 Å². The molecule has 0 bridgehead atoms. The van der Waals surface area contributed by atoms with Gasteiger partial charge in [-0.2, -0.15) is 0 Å². The molecule has 224 valence electrons. The van der Waals surface area contributed by atoms with Crippen molar-refractivity contribution in [3.63, 3.8) is 0 Å². The van der Waals surface area contributed by atoms with Crippen LogP contribution in [-0.4, -0.2) is 97.6 Å². The number of nitrogens with one attached hydrogen (secondary N) is 2. The van der Waals surface area contributed by atoms with E-state index in [9.17, 15) is 14.0 Å². The maximum atomic E-state index is 14.6. The van der Waals surface area contributed by atoms with Gasteiger partial charge in [0.25, 0.3) is 0 Å². The fourth-order valence-corrected chi connectivity index (χ4v) is 7.71. The lowest BCUT2D eigenvalue weighted by Gasteiger charge is -2.44. The van der Waals surface area contributed by atoms with E-state index in [0.29, 0.717) is 18.9 Å². The Morgan fingerprint density at radius 1 is 1.20 bits per heavy atom. The maximum absolute atomic E-state index is 14.6. The molecule has 0 radical (unpaired) electrons. The number of carbonyl (C=O) groups excluding carboxylic acids is 2. The van der Waals surface area contributed by atoms with Gasteiger partial charge < -0.3 is 27.0 Å². The van der Waals surface area contributed by atoms with Gasteiger partial charge in [0, 0.05) is 37.8 Å². The number of fused-ring (bicyclic) bond motifs is 1. The van der Waals surface area contributed by atoms with E-state index in [1.165, 1.54) is 6.21 Å². The number of carbonyl (C=O) groups is 2. The minimum absolute atomic E-state index is 0.0814. The molecule has 0 aromatic heterocycles. The lowest BCUT2D eigenvalue weighted by Crippen LogP contribution is -2.63. The van der Waals surface area contributed by atoms with Gasteiger partial charge in [-0.05, 0) is 82.5 Å². The number of hydrogen-bond acceptors (Lipinski definition) is 7. The number of halogens is 1. The second-order valence-corrected chi connectivity index (χ2v) is 12.9. The number of nitrogens with two attached hydrogens (primary N) is 2. The minimum Gasteiger partial charge on any atom is -0.350 e. The fraction of sp³-hybridized carbons (Fsp3) is 0.833. The first-order chi connectivity index (χ1) is 19.3. The monoisotopic (exact) mass is 559 g/mol. The van der Waals surface area contributed by atoms with Crippen molar-refractivity contribution in [2.45, 2.75) is 102 Å². The van der Waals surface area contributed by atoms with E-state index >= 15 is 0 Å². The molecule has 6 unspecified atom stereocenters. The molecule has 5 rings (SSSR count). The highest BCUT2D eigenvalue weighted by Gasteiger charge is 2.52. The Balaban J connectivity index is 1.23. The third kappa shape index (κ3) is 6.61. The van der Waals surface area contributed by atoms with Crippen LogP contribution in [0.1, 0.15) is 71.1 Å². The topological polar surface area (TPSA) is 129 Å². The highest BCUT2D eigenvalue weighted by Crippen LogP contribution is 2.60. The van der Waals surface area contributed by atoms with E-state index in [1.54, 1.807) is 6.08 Å². The molecule has 4 heterocycles. The Bertz CT molecular complexity index is 960. The second-order valence-electron chi connectivity index (χ2n) is 12.9. The molecular formula is C30H50FN7O2. The number of alkyl halides is 1. The fourth-order valence-electron chi connectivity index (χ4n) is 7.71. The number of hydrogen-bond donors (Lipinski definition) is 4. The van der Waals surface area contributed by atoms with Crippen molar-refractivity contribution in [3.8, 4) is 0 Å². The van der Waals surface area contributed by atoms with Crippen LogP contribution in [0, 0.1) is 17.3 Å². The van der Waals surface area contributed by atoms with Gasteiger partial charge >= 0.3 is 0 Å². The van der Waals surface area contributed by atoms with Crippen LogP contribution in [0.15, 0.2) is 16.6 Å². The third-order valence-corrected chi connectivity index (χ3v) is 10.1. The third-order valence-electron chi connectivity index (χ3n) is 10.1. The van der Waals surface area contributed by atoms with E-state index in [0.717, 1.165) is 96.1 Å². The average Bonchev–Trinajstić information content (AvgIpc) is 3.31. The number of aliphatic imine (C=N–C) groups is 1. The molecule has 0 spiro atoms. The number of unbranched alkanes of at least 4 members (excludes halogenated alkanes) is 1. The van der Waals surface area contributed by atoms with Gasteiger partial charge in [0.05, 0.1) is 24.2 Å². The zero-order chi connectivity index (χ0) is 28.3. The lowest BCUT2D eigenvalue weighted by atomic mass is 9.82. The molecular weight excluding hydrogens is 509 g/mol. The maximum Gasteiger partial charge on any atom is 0.228 e. The predicted molar refractivity (Wildman–Crippen MR) is 155 cm³/mol. The Morgan fingerprint density at radius 2 is 1.95 bits per heavy atom. The highest BCUT2D eigenvalue weighted by molar-refractivity contribution is 5.81. The first-order valence-corrected chi connectivity index (χ1v) is 15.7. The summed E-state index contributed by atoms with van der Waals surface area (Å²) >= 11 is 0. The van der Waals surface area contributed by atoms with Gasteiger partial charge in [0.2, 0.25) is 11.8 Å². The van der Waals surface area contributed by atoms with Crippen LogP contribution in [0.3, 0.4) is 0 Å². The Morgan fingerprint density at radius 3 is 2.65 bits per heavy atom. The number of nitrogens with zero attached hydrogens (tertiary/aromatic N) is 3. The standard InChI is InChI=1S/C30H50FN7O2/c1-2-3-9-30-16-21(30)15-22(31)18-35-23(17-30)26(27(32)33)28(39)36-24-19-34-10-6-25(24)37-13-7-20(8-14-37)29(40)38-11-4-5-12-38/h15,18,20,22-27,34H,2-14,16-17,19,32-33H2,1H3,(H,36,39)/b21-15-,35-18-. The van der Waals surface area contributed by atoms with Crippen LogP contribution in [0.25, 0.3) is 0 Å². The van der Waals surface area contributed by atoms with E-state index in [2.05, 4.69) is 27.4 Å². The first kappa shape index (κ1) is 29.6. The van der Waals surface area contributed by atoms with Crippen molar-refractivity contribution in [3.05, 3.63) is 11.6 Å². The number of allylic oxidation sites excluding steroid dienone is 2. The molecule has 9 nitrogen and oxygen atoms in total. The molecule has 1 saturated carbocycles. The Hall–Kier alpha value is -1.88. The molecule has 6 N–H and O–H groups in total. The summed E-state index contributed by atoms with van der Waals surface area (Å²) in [6, 6.07) is -0.360. The second kappa shape index (κ2) is 13.0. The summed E-state index contributed by atoms with van der Waals surface area (Å²) in [5, 5.41) is 6.73. The molecule has 0 aromatic carbocycles. The molecule has 4 aliphatic heterocycles. The molecule has 0 aromatic rings. The van der Waals surface area contributed by atoms with Crippen molar-refractivity contribution in [1.82, 2.24) is 20.4 Å². The molecule has 6 atom stereocenters. The van der Waals surface area contributed by atoms with Gasteiger partial charge in [-0.3, -0.25) is 19.5 Å². The van der Waals surface area contributed by atoms with Crippen molar-refractivity contribution in [1.29, 1.82) is 0 Å². The van der Waals surface area contributed by atoms with Crippen LogP contribution in [-0.2, 0) is 9.59 Å². The van der Waals surface area contributed by atoms with Crippen LogP contribution >= 0.6 is 0 Å². The van der Waals surface area contributed by atoms with E-state index in [-0.39, 0.29) is 29.3 Å². The summed E-state index contributed by atoms with van der Waals surface area (Å²) in [5.74, 6) is -0.481. The molecule has 40 heavy (non-hydrogen) atoms. The van der Waals surface area contributed by atoms with Gasteiger partial charge in [0.1, 0.15) is 0 Å². The lowest BCUT2D eigenvalue weighted by molar-refractivity contribution is -0.136. The smallest absolute Gasteiger partial charge is 0.228 e. The Labute approximate surface area is 238 Å².